The fraction of sp³-hybridized carbons (Fsp3) is 0.235. The minimum Gasteiger partial charge on any atom is -0.495 e. The lowest BCUT2D eigenvalue weighted by Gasteiger charge is -2.08. The quantitative estimate of drug-likeness (QED) is 0.669. The summed E-state index contributed by atoms with van der Waals surface area (Å²) in [5.74, 6) is 3.51. The van der Waals surface area contributed by atoms with Gasteiger partial charge in [-0.2, -0.15) is 10.1 Å². The van der Waals surface area contributed by atoms with Crippen LogP contribution < -0.4 is 14.3 Å². The molecule has 7 nitrogen and oxygen atoms in total. The minimum atomic E-state index is -0.393. The summed E-state index contributed by atoms with van der Waals surface area (Å²) in [5.41, 5.74) is 1.14. The van der Waals surface area contributed by atoms with E-state index < -0.39 is 5.91 Å². The van der Waals surface area contributed by atoms with Gasteiger partial charge < -0.3 is 14.0 Å². The SMILES string of the molecule is C#CCn1c(=NC(=O)c2ccnn2C)sc2c(OC)ccc(OC)c21. The van der Waals surface area contributed by atoms with Gasteiger partial charge in [0.25, 0.3) is 5.91 Å². The highest BCUT2D eigenvalue weighted by Crippen LogP contribution is 2.35. The highest BCUT2D eigenvalue weighted by atomic mass is 32.1. The Balaban J connectivity index is 2.30. The van der Waals surface area contributed by atoms with Crippen molar-refractivity contribution in [3.05, 3.63) is 34.9 Å². The van der Waals surface area contributed by atoms with Gasteiger partial charge in [0.2, 0.25) is 0 Å². The number of aryl methyl sites for hydroxylation is 1. The van der Waals surface area contributed by atoms with Crippen molar-refractivity contribution in [3.63, 3.8) is 0 Å². The number of terminal acetylenes is 1. The predicted octanol–water partition coefficient (Wildman–Crippen LogP) is 1.83. The lowest BCUT2D eigenvalue weighted by molar-refractivity contribution is 0.0989. The molecule has 0 atom stereocenters. The number of hydrogen-bond acceptors (Lipinski definition) is 5. The number of ether oxygens (including phenoxy) is 2. The molecular formula is C17H16N4O3S. The lowest BCUT2D eigenvalue weighted by Crippen LogP contribution is -2.17. The molecular weight excluding hydrogens is 340 g/mol. The van der Waals surface area contributed by atoms with Crippen LogP contribution in [0.15, 0.2) is 29.4 Å². The molecule has 1 aromatic carbocycles. The molecule has 2 aromatic heterocycles. The van der Waals surface area contributed by atoms with Gasteiger partial charge in [0.1, 0.15) is 27.4 Å². The number of fused-ring (bicyclic) bond motifs is 1. The van der Waals surface area contributed by atoms with Crippen LogP contribution in [0, 0.1) is 12.3 Å². The van der Waals surface area contributed by atoms with Crippen LogP contribution in [0.4, 0.5) is 0 Å². The number of benzene rings is 1. The van der Waals surface area contributed by atoms with Gasteiger partial charge in [0.05, 0.1) is 20.8 Å². The minimum absolute atomic E-state index is 0.251. The van der Waals surface area contributed by atoms with Crippen LogP contribution in [0.25, 0.3) is 10.2 Å². The topological polar surface area (TPSA) is 70.6 Å². The first-order chi connectivity index (χ1) is 12.1. The van der Waals surface area contributed by atoms with Crippen molar-refractivity contribution >= 4 is 27.5 Å². The van der Waals surface area contributed by atoms with E-state index in [2.05, 4.69) is 16.0 Å². The molecule has 0 radical (unpaired) electrons. The molecule has 0 saturated heterocycles. The number of nitrogens with zero attached hydrogens (tertiary/aromatic N) is 4. The van der Waals surface area contributed by atoms with Crippen LogP contribution in [0.5, 0.6) is 11.5 Å². The van der Waals surface area contributed by atoms with Crippen molar-refractivity contribution in [1.82, 2.24) is 14.3 Å². The van der Waals surface area contributed by atoms with Crippen LogP contribution in [-0.2, 0) is 13.6 Å². The normalized spacial score (nSPS) is 11.5. The number of amides is 1. The van der Waals surface area contributed by atoms with Gasteiger partial charge in [0.15, 0.2) is 4.80 Å². The largest absolute Gasteiger partial charge is 0.495 e. The molecule has 0 aliphatic heterocycles. The zero-order chi connectivity index (χ0) is 18.0. The fourth-order valence-electron chi connectivity index (χ4n) is 2.51. The molecule has 0 unspecified atom stereocenters. The van der Waals surface area contributed by atoms with Crippen LogP contribution in [-0.4, -0.2) is 34.5 Å². The molecule has 3 rings (SSSR count). The molecule has 0 saturated carbocycles. The maximum Gasteiger partial charge on any atom is 0.297 e. The summed E-state index contributed by atoms with van der Waals surface area (Å²) >= 11 is 1.32. The van der Waals surface area contributed by atoms with Crippen LogP contribution in [0.1, 0.15) is 10.5 Å². The fourth-order valence-corrected chi connectivity index (χ4v) is 3.64. The number of methoxy groups -OCH3 is 2. The molecule has 0 spiro atoms. The molecule has 0 fully saturated rings. The van der Waals surface area contributed by atoms with Crippen LogP contribution in [0.3, 0.4) is 0 Å². The third-order valence-electron chi connectivity index (χ3n) is 3.68. The van der Waals surface area contributed by atoms with Crippen LogP contribution >= 0.6 is 11.3 Å². The molecule has 2 heterocycles. The highest BCUT2D eigenvalue weighted by Gasteiger charge is 2.17. The first-order valence-electron chi connectivity index (χ1n) is 7.35. The summed E-state index contributed by atoms with van der Waals surface area (Å²) in [5, 5.41) is 4.00. The zero-order valence-corrected chi connectivity index (χ0v) is 14.8. The van der Waals surface area contributed by atoms with E-state index in [9.17, 15) is 4.79 Å². The average Bonchev–Trinajstić information content (AvgIpc) is 3.19. The first-order valence-corrected chi connectivity index (χ1v) is 8.17. The number of rotatable bonds is 4. The molecule has 3 aromatic rings. The van der Waals surface area contributed by atoms with Gasteiger partial charge >= 0.3 is 0 Å². The molecule has 1 amide bonds. The van der Waals surface area contributed by atoms with Gasteiger partial charge in [0, 0.05) is 13.2 Å². The van der Waals surface area contributed by atoms with Crippen molar-refractivity contribution in [1.29, 1.82) is 0 Å². The molecule has 128 valence electrons. The molecule has 0 bridgehead atoms. The molecule has 0 aliphatic carbocycles. The Labute approximate surface area is 148 Å². The van der Waals surface area contributed by atoms with Gasteiger partial charge in [-0.25, -0.2) is 0 Å². The Bertz CT molecular complexity index is 1050. The third kappa shape index (κ3) is 2.90. The van der Waals surface area contributed by atoms with E-state index in [0.29, 0.717) is 22.0 Å². The second-order valence-corrected chi connectivity index (χ2v) is 6.06. The zero-order valence-electron chi connectivity index (χ0n) is 14.0. The Morgan fingerprint density at radius 1 is 1.32 bits per heavy atom. The number of thiazole rings is 1. The summed E-state index contributed by atoms with van der Waals surface area (Å²) in [6, 6.07) is 5.23. The van der Waals surface area contributed by atoms with Crippen molar-refractivity contribution in [3.8, 4) is 23.8 Å². The molecule has 8 heteroatoms. The van der Waals surface area contributed by atoms with Gasteiger partial charge in [-0.1, -0.05) is 17.3 Å². The second-order valence-electron chi connectivity index (χ2n) is 5.08. The van der Waals surface area contributed by atoms with E-state index in [1.165, 1.54) is 16.0 Å². The second kappa shape index (κ2) is 6.83. The van der Waals surface area contributed by atoms with E-state index in [-0.39, 0.29) is 6.54 Å². The van der Waals surface area contributed by atoms with E-state index in [1.807, 2.05) is 6.07 Å². The smallest absolute Gasteiger partial charge is 0.297 e. The Hall–Kier alpha value is -3.05. The number of aromatic nitrogens is 3. The summed E-state index contributed by atoms with van der Waals surface area (Å²) in [6.07, 6.45) is 7.06. The van der Waals surface area contributed by atoms with Gasteiger partial charge in [-0.3, -0.25) is 9.48 Å². The number of carbonyl (C=O) groups is 1. The monoisotopic (exact) mass is 356 g/mol. The van der Waals surface area contributed by atoms with Gasteiger partial charge in [-0.05, 0) is 18.2 Å². The Kier molecular flexibility index (Phi) is 4.59. The molecule has 0 aliphatic rings. The Morgan fingerprint density at radius 3 is 2.64 bits per heavy atom. The predicted molar refractivity (Wildman–Crippen MR) is 94.9 cm³/mol. The summed E-state index contributed by atoms with van der Waals surface area (Å²) in [6.45, 7) is 0.251. The standard InChI is InChI=1S/C17H16N4O3S/c1-5-10-21-14-12(23-3)6-7-13(24-4)15(14)25-17(21)19-16(22)11-8-9-18-20(11)2/h1,6-9H,10H2,2-4H3. The van der Waals surface area contributed by atoms with E-state index in [0.717, 1.165) is 10.2 Å². The molecule has 0 N–H and O–H groups in total. The van der Waals surface area contributed by atoms with Crippen molar-refractivity contribution in [2.45, 2.75) is 6.54 Å². The maximum atomic E-state index is 12.5. The summed E-state index contributed by atoms with van der Waals surface area (Å²) in [7, 11) is 4.86. The van der Waals surface area contributed by atoms with Gasteiger partial charge in [-0.15, -0.1) is 6.42 Å². The first kappa shape index (κ1) is 16.8. The number of hydrogen-bond donors (Lipinski definition) is 0. The van der Waals surface area contributed by atoms with Crippen molar-refractivity contribution in [2.75, 3.05) is 14.2 Å². The van der Waals surface area contributed by atoms with Crippen molar-refractivity contribution < 1.29 is 14.3 Å². The van der Waals surface area contributed by atoms with Crippen molar-refractivity contribution in [2.24, 2.45) is 12.0 Å². The van der Waals surface area contributed by atoms with E-state index >= 15 is 0 Å². The highest BCUT2D eigenvalue weighted by molar-refractivity contribution is 7.16. The van der Waals surface area contributed by atoms with E-state index in [4.69, 9.17) is 15.9 Å². The number of carbonyl (C=O) groups excluding carboxylic acids is 1. The third-order valence-corrected chi connectivity index (χ3v) is 4.77. The Morgan fingerprint density at radius 2 is 2.04 bits per heavy atom. The molecule has 25 heavy (non-hydrogen) atoms. The summed E-state index contributed by atoms with van der Waals surface area (Å²) in [4.78, 5) is 17.2. The lowest BCUT2D eigenvalue weighted by atomic mass is 10.3. The average molecular weight is 356 g/mol. The maximum absolute atomic E-state index is 12.5. The van der Waals surface area contributed by atoms with E-state index in [1.54, 1.807) is 44.2 Å². The van der Waals surface area contributed by atoms with Crippen LogP contribution in [0.2, 0.25) is 0 Å². The summed E-state index contributed by atoms with van der Waals surface area (Å²) < 4.78 is 14.9.